The van der Waals surface area contributed by atoms with Crippen LogP contribution in [0.2, 0.25) is 0 Å². The Balaban J connectivity index is 2.26. The van der Waals surface area contributed by atoms with Crippen molar-refractivity contribution in [2.24, 2.45) is 5.41 Å². The largest absolute Gasteiger partial charge is 0.383 e. The molecule has 84 valence electrons. The molecule has 4 heteroatoms. The first-order valence-electron chi connectivity index (χ1n) is 5.26. The van der Waals surface area contributed by atoms with Crippen LogP contribution in [-0.2, 0) is 5.60 Å². The molecule has 0 radical (unpaired) electrons. The van der Waals surface area contributed by atoms with Gasteiger partial charge < -0.3 is 5.11 Å². The van der Waals surface area contributed by atoms with Crippen LogP contribution in [-0.4, -0.2) is 10.1 Å². The molecule has 1 aliphatic rings. The Morgan fingerprint density at radius 3 is 2.73 bits per heavy atom. The summed E-state index contributed by atoms with van der Waals surface area (Å²) < 4.78 is 0.995. The monoisotopic (exact) mass is 289 g/mol. The van der Waals surface area contributed by atoms with Crippen molar-refractivity contribution in [2.75, 3.05) is 0 Å². The Morgan fingerprint density at radius 2 is 2.20 bits per heavy atom. The van der Waals surface area contributed by atoms with Crippen LogP contribution in [0.1, 0.15) is 44.5 Å². The van der Waals surface area contributed by atoms with Crippen molar-refractivity contribution in [1.82, 2.24) is 4.98 Å². The van der Waals surface area contributed by atoms with E-state index in [1.807, 2.05) is 0 Å². The van der Waals surface area contributed by atoms with Gasteiger partial charge in [-0.1, -0.05) is 13.8 Å². The molecule has 1 aromatic heterocycles. The molecule has 0 bridgehead atoms. The van der Waals surface area contributed by atoms with Crippen molar-refractivity contribution >= 4 is 27.3 Å². The molecule has 0 aliphatic heterocycles. The topological polar surface area (TPSA) is 33.1 Å². The first kappa shape index (κ1) is 11.6. The van der Waals surface area contributed by atoms with Gasteiger partial charge in [0, 0.05) is 0 Å². The first-order chi connectivity index (χ1) is 6.91. The summed E-state index contributed by atoms with van der Waals surface area (Å²) in [5.41, 5.74) is -0.469. The van der Waals surface area contributed by atoms with E-state index in [-0.39, 0.29) is 5.41 Å². The van der Waals surface area contributed by atoms with Gasteiger partial charge in [-0.25, -0.2) is 4.98 Å². The van der Waals surface area contributed by atoms with Gasteiger partial charge in [-0.15, -0.1) is 11.3 Å². The number of hydrogen-bond acceptors (Lipinski definition) is 3. The van der Waals surface area contributed by atoms with Gasteiger partial charge in [-0.3, -0.25) is 0 Å². The first-order valence-corrected chi connectivity index (χ1v) is 6.87. The Morgan fingerprint density at radius 1 is 1.47 bits per heavy atom. The van der Waals surface area contributed by atoms with E-state index in [1.165, 1.54) is 6.42 Å². The number of halogens is 1. The molecule has 1 aliphatic carbocycles. The molecule has 15 heavy (non-hydrogen) atoms. The predicted molar refractivity (Wildman–Crippen MR) is 66.0 cm³/mol. The third kappa shape index (κ3) is 2.43. The van der Waals surface area contributed by atoms with Gasteiger partial charge in [-0.2, -0.15) is 0 Å². The third-order valence-electron chi connectivity index (χ3n) is 3.09. The van der Waals surface area contributed by atoms with Crippen LogP contribution < -0.4 is 0 Å². The van der Waals surface area contributed by atoms with Crippen molar-refractivity contribution in [2.45, 2.75) is 45.1 Å². The number of thiazole rings is 1. The predicted octanol–water partition coefficient (Wildman–Crippen LogP) is 3.69. The fraction of sp³-hybridized carbons (Fsp3) is 0.727. The van der Waals surface area contributed by atoms with Gasteiger partial charge >= 0.3 is 0 Å². The fourth-order valence-electron chi connectivity index (χ4n) is 2.48. The summed E-state index contributed by atoms with van der Waals surface area (Å²) >= 11 is 4.95. The highest BCUT2D eigenvalue weighted by atomic mass is 79.9. The fourth-order valence-corrected chi connectivity index (χ4v) is 3.80. The Kier molecular flexibility index (Phi) is 2.95. The standard InChI is InChI=1S/C11H16BrNOS/c1-10(2)4-3-5-11(14,7-10)9-13-6-8(12)15-9/h6,14H,3-5,7H2,1-2H3. The summed E-state index contributed by atoms with van der Waals surface area (Å²) in [4.78, 5) is 4.30. The second kappa shape index (κ2) is 3.82. The van der Waals surface area contributed by atoms with E-state index in [0.29, 0.717) is 0 Å². The summed E-state index contributed by atoms with van der Waals surface area (Å²) in [7, 11) is 0. The van der Waals surface area contributed by atoms with Crippen LogP contribution in [0, 0.1) is 5.41 Å². The van der Waals surface area contributed by atoms with Crippen molar-refractivity contribution in [1.29, 1.82) is 0 Å². The molecule has 0 amide bonds. The second-order valence-electron chi connectivity index (χ2n) is 5.20. The van der Waals surface area contributed by atoms with E-state index in [4.69, 9.17) is 0 Å². The Bertz CT molecular complexity index is 363. The molecule has 1 fully saturated rings. The quantitative estimate of drug-likeness (QED) is 0.855. The molecule has 1 N–H and O–H groups in total. The summed E-state index contributed by atoms with van der Waals surface area (Å²) in [5.74, 6) is 0. The van der Waals surface area contributed by atoms with Crippen LogP contribution in [0.3, 0.4) is 0 Å². The molecule has 1 heterocycles. The lowest BCUT2D eigenvalue weighted by Crippen LogP contribution is -2.36. The molecule has 1 unspecified atom stereocenters. The van der Waals surface area contributed by atoms with Crippen LogP contribution in [0.4, 0.5) is 0 Å². The Hall–Kier alpha value is 0.0700. The van der Waals surface area contributed by atoms with Crippen LogP contribution in [0.5, 0.6) is 0 Å². The average Bonchev–Trinajstić information content (AvgIpc) is 2.49. The van der Waals surface area contributed by atoms with Gasteiger partial charge in [-0.05, 0) is 47.0 Å². The van der Waals surface area contributed by atoms with Gasteiger partial charge in [0.2, 0.25) is 0 Å². The summed E-state index contributed by atoms with van der Waals surface area (Å²) in [6, 6.07) is 0. The normalized spacial score (nSPS) is 30.4. The van der Waals surface area contributed by atoms with Crippen LogP contribution in [0.15, 0.2) is 9.98 Å². The van der Waals surface area contributed by atoms with E-state index in [0.717, 1.165) is 28.1 Å². The lowest BCUT2D eigenvalue weighted by Gasteiger charge is -2.40. The summed E-state index contributed by atoms with van der Waals surface area (Å²) in [5, 5.41) is 11.5. The minimum absolute atomic E-state index is 0.227. The highest BCUT2D eigenvalue weighted by Gasteiger charge is 2.41. The van der Waals surface area contributed by atoms with E-state index in [2.05, 4.69) is 34.8 Å². The maximum atomic E-state index is 10.6. The van der Waals surface area contributed by atoms with E-state index < -0.39 is 5.60 Å². The third-order valence-corrected chi connectivity index (χ3v) is 4.76. The number of aromatic nitrogens is 1. The van der Waals surface area contributed by atoms with Crippen LogP contribution >= 0.6 is 27.3 Å². The Labute approximate surface area is 103 Å². The van der Waals surface area contributed by atoms with Gasteiger partial charge in [0.05, 0.1) is 9.98 Å². The lowest BCUT2D eigenvalue weighted by atomic mass is 9.70. The zero-order valence-corrected chi connectivity index (χ0v) is 11.5. The number of rotatable bonds is 1. The minimum atomic E-state index is -0.696. The molecular weight excluding hydrogens is 274 g/mol. The molecule has 0 saturated heterocycles. The molecule has 2 nitrogen and oxygen atoms in total. The zero-order chi connectivity index (χ0) is 11.1. The smallest absolute Gasteiger partial charge is 0.125 e. The maximum Gasteiger partial charge on any atom is 0.125 e. The zero-order valence-electron chi connectivity index (χ0n) is 9.09. The van der Waals surface area contributed by atoms with E-state index >= 15 is 0 Å². The van der Waals surface area contributed by atoms with Crippen molar-refractivity contribution < 1.29 is 5.11 Å². The van der Waals surface area contributed by atoms with Crippen LogP contribution in [0.25, 0.3) is 0 Å². The molecular formula is C11H16BrNOS. The molecule has 2 rings (SSSR count). The van der Waals surface area contributed by atoms with Crippen molar-refractivity contribution in [3.63, 3.8) is 0 Å². The van der Waals surface area contributed by atoms with Crippen molar-refractivity contribution in [3.05, 3.63) is 15.0 Å². The average molecular weight is 290 g/mol. The summed E-state index contributed by atoms with van der Waals surface area (Å²) in [6.07, 6.45) is 5.72. The molecule has 1 saturated carbocycles. The highest BCUT2D eigenvalue weighted by molar-refractivity contribution is 9.11. The SMILES string of the molecule is CC1(C)CCCC(O)(c2ncc(Br)s2)C1. The van der Waals surface area contributed by atoms with Gasteiger partial charge in [0.1, 0.15) is 10.6 Å². The minimum Gasteiger partial charge on any atom is -0.383 e. The molecule has 1 aromatic rings. The number of hydrogen-bond donors (Lipinski definition) is 1. The maximum absolute atomic E-state index is 10.6. The van der Waals surface area contributed by atoms with E-state index in [9.17, 15) is 5.11 Å². The molecule has 0 aromatic carbocycles. The lowest BCUT2D eigenvalue weighted by molar-refractivity contribution is -0.0441. The van der Waals surface area contributed by atoms with Gasteiger partial charge in [0.15, 0.2) is 0 Å². The number of nitrogens with zero attached hydrogens (tertiary/aromatic N) is 1. The second-order valence-corrected chi connectivity index (χ2v) is 7.61. The molecule has 1 atom stereocenters. The highest BCUT2D eigenvalue weighted by Crippen LogP contribution is 2.47. The van der Waals surface area contributed by atoms with E-state index in [1.54, 1.807) is 17.5 Å². The van der Waals surface area contributed by atoms with Gasteiger partial charge in [0.25, 0.3) is 0 Å². The van der Waals surface area contributed by atoms with Crippen molar-refractivity contribution in [3.8, 4) is 0 Å². The molecule has 0 spiro atoms. The summed E-state index contributed by atoms with van der Waals surface area (Å²) in [6.45, 7) is 4.44. The number of aliphatic hydroxyl groups is 1.